The van der Waals surface area contributed by atoms with Crippen molar-refractivity contribution in [1.29, 1.82) is 0 Å². The summed E-state index contributed by atoms with van der Waals surface area (Å²) in [6.45, 7) is 5.47. The number of amides is 2. The third-order valence-corrected chi connectivity index (χ3v) is 3.00. The Kier molecular flexibility index (Phi) is 3.02. The molecule has 2 amide bonds. The van der Waals surface area contributed by atoms with Gasteiger partial charge in [-0.1, -0.05) is 0 Å². The summed E-state index contributed by atoms with van der Waals surface area (Å²) in [6, 6.07) is -0.0279. The summed E-state index contributed by atoms with van der Waals surface area (Å²) in [5.41, 5.74) is -0.505. The lowest BCUT2D eigenvalue weighted by Crippen LogP contribution is -2.46. The molecule has 2 aliphatic rings. The number of nitrogens with one attached hydrogen (secondary N) is 2. The molecule has 0 aromatic carbocycles. The number of hydrogen-bond acceptors (Lipinski definition) is 3. The molecule has 1 aliphatic carbocycles. The van der Waals surface area contributed by atoms with Crippen molar-refractivity contribution in [3.05, 3.63) is 0 Å². The quantitative estimate of drug-likeness (QED) is 0.761. The van der Waals surface area contributed by atoms with Crippen LogP contribution in [0.1, 0.15) is 40.0 Å². The minimum atomic E-state index is -0.505. The van der Waals surface area contributed by atoms with Gasteiger partial charge in [0.05, 0.1) is 12.1 Å². The Bertz CT molecular complexity index is 331. The van der Waals surface area contributed by atoms with Crippen molar-refractivity contribution in [3.8, 4) is 0 Å². The molecule has 1 heterocycles. The molecule has 1 aliphatic heterocycles. The first-order valence-electron chi connectivity index (χ1n) is 6.14. The van der Waals surface area contributed by atoms with Gasteiger partial charge in [0.15, 0.2) is 0 Å². The Morgan fingerprint density at radius 1 is 1.41 bits per heavy atom. The van der Waals surface area contributed by atoms with E-state index in [-0.39, 0.29) is 18.0 Å². The summed E-state index contributed by atoms with van der Waals surface area (Å²) in [5, 5.41) is 5.72. The van der Waals surface area contributed by atoms with E-state index in [2.05, 4.69) is 10.6 Å². The molecule has 0 bridgehead atoms. The maximum Gasteiger partial charge on any atom is 0.407 e. The first-order valence-corrected chi connectivity index (χ1v) is 6.14. The number of ether oxygens (including phenoxy) is 1. The predicted octanol–water partition coefficient (Wildman–Crippen LogP) is 1.18. The first kappa shape index (κ1) is 12.2. The molecule has 0 radical (unpaired) electrons. The largest absolute Gasteiger partial charge is 0.444 e. The maximum absolute atomic E-state index is 11.6. The van der Waals surface area contributed by atoms with Gasteiger partial charge in [-0.25, -0.2) is 4.79 Å². The molecule has 0 aromatic rings. The third-order valence-electron chi connectivity index (χ3n) is 3.00. The minimum absolute atomic E-state index is 0.0166. The van der Waals surface area contributed by atoms with Crippen LogP contribution in [0, 0.1) is 5.92 Å². The Balaban J connectivity index is 1.88. The van der Waals surface area contributed by atoms with Gasteiger partial charge < -0.3 is 15.4 Å². The molecular formula is C12H20N2O3. The van der Waals surface area contributed by atoms with Crippen molar-refractivity contribution >= 4 is 12.0 Å². The monoisotopic (exact) mass is 240 g/mol. The molecule has 2 atom stereocenters. The van der Waals surface area contributed by atoms with Crippen LogP contribution >= 0.6 is 0 Å². The normalized spacial score (nSPS) is 28.8. The first-order chi connectivity index (χ1) is 7.85. The maximum atomic E-state index is 11.6. The molecule has 2 fully saturated rings. The average molecular weight is 240 g/mol. The third kappa shape index (κ3) is 3.35. The second kappa shape index (κ2) is 4.20. The van der Waals surface area contributed by atoms with Crippen LogP contribution in [0.3, 0.4) is 0 Å². The summed E-state index contributed by atoms with van der Waals surface area (Å²) in [6.07, 6.45) is 2.19. The second-order valence-electron chi connectivity index (χ2n) is 5.89. The fourth-order valence-corrected chi connectivity index (χ4v) is 2.17. The number of carbonyl (C=O) groups is 2. The molecule has 1 saturated carbocycles. The summed E-state index contributed by atoms with van der Waals surface area (Å²) < 4.78 is 5.19. The summed E-state index contributed by atoms with van der Waals surface area (Å²) in [5.74, 6) is 0.546. The van der Waals surface area contributed by atoms with Crippen LogP contribution in [-0.4, -0.2) is 29.7 Å². The highest BCUT2D eigenvalue weighted by Gasteiger charge is 2.43. The molecule has 5 nitrogen and oxygen atoms in total. The van der Waals surface area contributed by atoms with Gasteiger partial charge in [0.2, 0.25) is 5.91 Å². The molecule has 2 rings (SSSR count). The van der Waals surface area contributed by atoms with Crippen molar-refractivity contribution in [2.45, 2.75) is 57.7 Å². The zero-order chi connectivity index (χ0) is 12.6. The van der Waals surface area contributed by atoms with E-state index in [0.717, 1.165) is 12.8 Å². The molecule has 0 aromatic heterocycles. The number of hydrogen-bond donors (Lipinski definition) is 2. The van der Waals surface area contributed by atoms with Crippen LogP contribution in [-0.2, 0) is 9.53 Å². The van der Waals surface area contributed by atoms with Gasteiger partial charge in [-0.3, -0.25) is 4.79 Å². The molecule has 5 heteroatoms. The van der Waals surface area contributed by atoms with Gasteiger partial charge in [0, 0.05) is 6.42 Å². The van der Waals surface area contributed by atoms with Crippen molar-refractivity contribution in [2.75, 3.05) is 0 Å². The lowest BCUT2D eigenvalue weighted by atomic mass is 10.1. The van der Waals surface area contributed by atoms with Gasteiger partial charge in [-0.15, -0.1) is 0 Å². The molecule has 0 spiro atoms. The molecule has 0 unspecified atom stereocenters. The van der Waals surface area contributed by atoms with Crippen molar-refractivity contribution < 1.29 is 14.3 Å². The fourth-order valence-electron chi connectivity index (χ4n) is 2.17. The van der Waals surface area contributed by atoms with Gasteiger partial charge >= 0.3 is 6.09 Å². The van der Waals surface area contributed by atoms with Crippen LogP contribution in [0.4, 0.5) is 4.79 Å². The van der Waals surface area contributed by atoms with E-state index >= 15 is 0 Å². The highest BCUT2D eigenvalue weighted by molar-refractivity contribution is 5.81. The lowest BCUT2D eigenvalue weighted by molar-refractivity contribution is -0.119. The van der Waals surface area contributed by atoms with Crippen LogP contribution in [0.25, 0.3) is 0 Å². The van der Waals surface area contributed by atoms with E-state index in [0.29, 0.717) is 12.3 Å². The van der Waals surface area contributed by atoms with Crippen LogP contribution in [0.2, 0.25) is 0 Å². The zero-order valence-corrected chi connectivity index (χ0v) is 10.6. The lowest BCUT2D eigenvalue weighted by Gasteiger charge is -2.24. The Labute approximate surface area is 101 Å². The van der Waals surface area contributed by atoms with E-state index in [1.807, 2.05) is 20.8 Å². The summed E-state index contributed by atoms with van der Waals surface area (Å²) >= 11 is 0. The van der Waals surface area contributed by atoms with Gasteiger partial charge in [0.25, 0.3) is 0 Å². The molecule has 2 N–H and O–H groups in total. The van der Waals surface area contributed by atoms with E-state index in [1.165, 1.54) is 0 Å². The van der Waals surface area contributed by atoms with Crippen LogP contribution in [0.15, 0.2) is 0 Å². The average Bonchev–Trinajstić information content (AvgIpc) is 2.89. The minimum Gasteiger partial charge on any atom is -0.444 e. The van der Waals surface area contributed by atoms with Crippen LogP contribution < -0.4 is 10.6 Å². The summed E-state index contributed by atoms with van der Waals surface area (Å²) in [4.78, 5) is 23.0. The van der Waals surface area contributed by atoms with Crippen molar-refractivity contribution in [1.82, 2.24) is 10.6 Å². The smallest absolute Gasteiger partial charge is 0.407 e. The van der Waals surface area contributed by atoms with E-state index in [9.17, 15) is 9.59 Å². The van der Waals surface area contributed by atoms with Gasteiger partial charge in [-0.05, 0) is 39.5 Å². The van der Waals surface area contributed by atoms with Crippen LogP contribution in [0.5, 0.6) is 0 Å². The Morgan fingerprint density at radius 2 is 2.06 bits per heavy atom. The Morgan fingerprint density at radius 3 is 2.59 bits per heavy atom. The predicted molar refractivity (Wildman–Crippen MR) is 62.4 cm³/mol. The number of carbonyl (C=O) groups excluding carboxylic acids is 2. The molecule has 17 heavy (non-hydrogen) atoms. The van der Waals surface area contributed by atoms with Gasteiger partial charge in [-0.2, -0.15) is 0 Å². The fraction of sp³-hybridized carbons (Fsp3) is 0.833. The SMILES string of the molecule is CC(C)(C)OC(=O)N[C@H]1CC(=O)N[C@H]1C1CC1. The molecular weight excluding hydrogens is 220 g/mol. The topological polar surface area (TPSA) is 67.4 Å². The van der Waals surface area contributed by atoms with E-state index in [1.54, 1.807) is 0 Å². The van der Waals surface area contributed by atoms with E-state index < -0.39 is 11.7 Å². The highest BCUT2D eigenvalue weighted by atomic mass is 16.6. The standard InChI is InChI=1S/C12H20N2O3/c1-12(2,3)17-11(16)13-8-6-9(15)14-10(8)7-4-5-7/h7-8,10H,4-6H2,1-3H3,(H,13,16)(H,14,15)/t8-,10-/m0/s1. The van der Waals surface area contributed by atoms with E-state index in [4.69, 9.17) is 4.74 Å². The highest BCUT2D eigenvalue weighted by Crippen LogP contribution is 2.36. The van der Waals surface area contributed by atoms with Crippen molar-refractivity contribution in [2.24, 2.45) is 5.92 Å². The number of rotatable bonds is 2. The second-order valence-corrected chi connectivity index (χ2v) is 5.89. The van der Waals surface area contributed by atoms with Gasteiger partial charge in [0.1, 0.15) is 5.60 Å². The summed E-state index contributed by atoms with van der Waals surface area (Å²) in [7, 11) is 0. The zero-order valence-electron chi connectivity index (χ0n) is 10.6. The Hall–Kier alpha value is -1.26. The number of alkyl carbamates (subject to hydrolysis) is 1. The van der Waals surface area contributed by atoms with Crippen molar-refractivity contribution in [3.63, 3.8) is 0 Å². The molecule has 1 saturated heterocycles. The molecule has 96 valence electrons.